The van der Waals surface area contributed by atoms with Crippen molar-refractivity contribution >= 4 is 35.0 Å². The molecule has 0 aliphatic carbocycles. The Morgan fingerprint density at radius 3 is 2.47 bits per heavy atom. The fraction of sp³-hybridized carbons (Fsp3) is 0.192. The number of nitrogens with zero attached hydrogens (tertiary/aromatic N) is 1. The van der Waals surface area contributed by atoms with E-state index in [0.717, 1.165) is 6.07 Å². The van der Waals surface area contributed by atoms with Crippen molar-refractivity contribution in [3.63, 3.8) is 0 Å². The van der Waals surface area contributed by atoms with E-state index in [1.165, 1.54) is 30.3 Å². The number of anilines is 1. The van der Waals surface area contributed by atoms with Crippen molar-refractivity contribution in [3.05, 3.63) is 82.6 Å². The van der Waals surface area contributed by atoms with E-state index in [0.29, 0.717) is 10.5 Å². The minimum atomic E-state index is -1.29. The second-order valence-electron chi connectivity index (χ2n) is 8.41. The number of nitrogens with one attached hydrogen (secondary N) is 1. The monoisotopic (exact) mass is 513 g/mol. The average Bonchev–Trinajstić information content (AvgIpc) is 3.27. The predicted molar refractivity (Wildman–Crippen MR) is 131 cm³/mol. The Balaban J connectivity index is 1.77. The van der Waals surface area contributed by atoms with Gasteiger partial charge in [-0.25, -0.2) is 13.7 Å². The smallest absolute Gasteiger partial charge is 0.251 e. The molecule has 0 saturated carbocycles. The number of alkyl halides is 1. The van der Waals surface area contributed by atoms with Crippen molar-refractivity contribution < 1.29 is 28.3 Å². The molecule has 0 unspecified atom stereocenters. The number of hydrogen-bond donors (Lipinski definition) is 3. The van der Waals surface area contributed by atoms with E-state index < -0.39 is 42.2 Å². The van der Waals surface area contributed by atoms with Crippen LogP contribution in [0.5, 0.6) is 5.75 Å². The summed E-state index contributed by atoms with van der Waals surface area (Å²) in [5, 5.41) is 12.9. The lowest BCUT2D eigenvalue weighted by molar-refractivity contribution is -0.127. The average molecular weight is 514 g/mol. The first kappa shape index (κ1) is 25.3. The number of halogens is 3. The number of nitrogens with two attached hydrogens (primary N) is 1. The first-order chi connectivity index (χ1) is 17.2. The van der Waals surface area contributed by atoms with E-state index in [2.05, 4.69) is 5.32 Å². The summed E-state index contributed by atoms with van der Waals surface area (Å²) in [6.45, 7) is -0.0743. The molecule has 0 bridgehead atoms. The van der Waals surface area contributed by atoms with Crippen LogP contribution in [-0.2, 0) is 16.0 Å². The van der Waals surface area contributed by atoms with Crippen LogP contribution < -0.4 is 16.0 Å². The Morgan fingerprint density at radius 1 is 1.08 bits per heavy atom. The largest absolute Gasteiger partial charge is 0.508 e. The zero-order chi connectivity index (χ0) is 26.0. The molecule has 7 nitrogen and oxygen atoms in total. The van der Waals surface area contributed by atoms with Gasteiger partial charge in [0.05, 0.1) is 18.2 Å². The summed E-state index contributed by atoms with van der Waals surface area (Å²) >= 11 is 6.24. The molecule has 186 valence electrons. The molecule has 36 heavy (non-hydrogen) atoms. The van der Waals surface area contributed by atoms with Gasteiger partial charge in [0.15, 0.2) is 5.82 Å². The number of primary amides is 1. The van der Waals surface area contributed by atoms with Crippen LogP contribution in [-0.4, -0.2) is 41.6 Å². The number of benzene rings is 3. The third kappa shape index (κ3) is 5.22. The lowest BCUT2D eigenvalue weighted by Gasteiger charge is -2.25. The minimum Gasteiger partial charge on any atom is -0.508 e. The highest BCUT2D eigenvalue weighted by Gasteiger charge is 2.37. The molecule has 1 fully saturated rings. The third-order valence-corrected chi connectivity index (χ3v) is 6.18. The van der Waals surface area contributed by atoms with Crippen LogP contribution in [0.4, 0.5) is 14.5 Å². The molecule has 3 amide bonds. The molecule has 4 N–H and O–H groups in total. The normalized spacial score (nSPS) is 17.1. The van der Waals surface area contributed by atoms with Gasteiger partial charge >= 0.3 is 0 Å². The van der Waals surface area contributed by atoms with Crippen molar-refractivity contribution in [2.24, 2.45) is 5.73 Å². The molecule has 2 atom stereocenters. The highest BCUT2D eigenvalue weighted by molar-refractivity contribution is 6.33. The SMILES string of the molecule is NC(=O)c1cc(O)cc(CC(=O)N(C(=O)[C@@H]2C[C@@H](F)CN2)c2cccc(-c3ccccc3Cl)c2F)c1. The number of aromatic hydroxyl groups is 1. The Labute approximate surface area is 210 Å². The lowest BCUT2D eigenvalue weighted by Crippen LogP contribution is -2.48. The number of phenols is 1. The molecule has 0 aromatic heterocycles. The van der Waals surface area contributed by atoms with Crippen LogP contribution in [0.15, 0.2) is 60.7 Å². The van der Waals surface area contributed by atoms with E-state index in [1.807, 2.05) is 0 Å². The standard InChI is InChI=1S/C26H22ClF2N3O4/c27-20-6-2-1-4-18(20)19-5-3-7-22(24(19)29)32(26(36)21-12-16(28)13-31-21)23(34)10-14-8-15(25(30)35)11-17(33)9-14/h1-9,11,16,21,31,33H,10,12-13H2,(H2,30,35)/t16-,21+/m1/s1. The van der Waals surface area contributed by atoms with Gasteiger partial charge in [0.25, 0.3) is 5.91 Å². The molecule has 0 spiro atoms. The van der Waals surface area contributed by atoms with Gasteiger partial charge < -0.3 is 16.2 Å². The van der Waals surface area contributed by atoms with Crippen molar-refractivity contribution in [1.82, 2.24) is 5.32 Å². The summed E-state index contributed by atoms with van der Waals surface area (Å²) in [5.74, 6) is -3.67. The maximum atomic E-state index is 15.8. The van der Waals surface area contributed by atoms with E-state index in [-0.39, 0.29) is 46.1 Å². The minimum absolute atomic E-state index is 0.0414. The van der Waals surface area contributed by atoms with Gasteiger partial charge in [-0.15, -0.1) is 0 Å². The summed E-state index contributed by atoms with van der Waals surface area (Å²) in [6.07, 6.45) is -1.94. The molecule has 1 aliphatic heterocycles. The number of carbonyl (C=O) groups excluding carboxylic acids is 3. The number of phenolic OH excluding ortho intramolecular Hbond substituents is 1. The zero-order valence-electron chi connectivity index (χ0n) is 18.9. The van der Waals surface area contributed by atoms with Crippen LogP contribution in [0.3, 0.4) is 0 Å². The zero-order valence-corrected chi connectivity index (χ0v) is 19.6. The molecule has 1 saturated heterocycles. The van der Waals surface area contributed by atoms with Gasteiger partial charge in [-0.05, 0) is 35.9 Å². The Hall–Kier alpha value is -3.82. The second kappa shape index (κ2) is 10.4. The van der Waals surface area contributed by atoms with E-state index in [4.69, 9.17) is 17.3 Å². The van der Waals surface area contributed by atoms with Crippen molar-refractivity contribution in [3.8, 4) is 16.9 Å². The van der Waals surface area contributed by atoms with Crippen molar-refractivity contribution in [2.75, 3.05) is 11.4 Å². The fourth-order valence-electron chi connectivity index (χ4n) is 4.16. The Kier molecular flexibility index (Phi) is 7.32. The van der Waals surface area contributed by atoms with Crippen LogP contribution in [0.2, 0.25) is 5.02 Å². The highest BCUT2D eigenvalue weighted by atomic mass is 35.5. The summed E-state index contributed by atoms with van der Waals surface area (Å²) in [5.41, 5.74) is 5.51. The quantitative estimate of drug-likeness (QED) is 0.464. The van der Waals surface area contributed by atoms with Gasteiger partial charge in [0.2, 0.25) is 11.8 Å². The number of hydrogen-bond acceptors (Lipinski definition) is 5. The van der Waals surface area contributed by atoms with Gasteiger partial charge in [-0.1, -0.05) is 41.9 Å². The lowest BCUT2D eigenvalue weighted by atomic mass is 10.0. The summed E-state index contributed by atoms with van der Waals surface area (Å²) in [6, 6.07) is 13.4. The molecule has 1 aliphatic rings. The number of rotatable bonds is 6. The van der Waals surface area contributed by atoms with E-state index in [9.17, 15) is 23.9 Å². The number of amides is 3. The first-order valence-corrected chi connectivity index (χ1v) is 11.4. The van der Waals surface area contributed by atoms with Crippen LogP contribution in [0, 0.1) is 5.82 Å². The van der Waals surface area contributed by atoms with E-state index >= 15 is 4.39 Å². The molecule has 3 aromatic rings. The van der Waals surface area contributed by atoms with Gasteiger partial charge in [-0.3, -0.25) is 14.4 Å². The number of carbonyl (C=O) groups is 3. The van der Waals surface area contributed by atoms with Crippen LogP contribution >= 0.6 is 11.6 Å². The molecule has 4 rings (SSSR count). The molecule has 1 heterocycles. The summed E-state index contributed by atoms with van der Waals surface area (Å²) in [7, 11) is 0. The molecule has 3 aromatic carbocycles. The maximum Gasteiger partial charge on any atom is 0.251 e. The van der Waals surface area contributed by atoms with Crippen LogP contribution in [0.1, 0.15) is 22.3 Å². The van der Waals surface area contributed by atoms with Gasteiger partial charge in [-0.2, -0.15) is 0 Å². The summed E-state index contributed by atoms with van der Waals surface area (Å²) in [4.78, 5) is 39.1. The van der Waals surface area contributed by atoms with Gasteiger partial charge in [0.1, 0.15) is 11.9 Å². The van der Waals surface area contributed by atoms with Crippen molar-refractivity contribution in [1.29, 1.82) is 0 Å². The molecular formula is C26H22ClF2N3O4. The topological polar surface area (TPSA) is 113 Å². The molecule has 0 radical (unpaired) electrons. The molecule has 10 heteroatoms. The maximum absolute atomic E-state index is 15.8. The highest BCUT2D eigenvalue weighted by Crippen LogP contribution is 2.35. The third-order valence-electron chi connectivity index (χ3n) is 5.85. The second-order valence-corrected chi connectivity index (χ2v) is 8.82. The predicted octanol–water partition coefficient (Wildman–Crippen LogP) is 3.75. The first-order valence-electron chi connectivity index (χ1n) is 11.1. The van der Waals surface area contributed by atoms with Gasteiger partial charge in [0, 0.05) is 34.7 Å². The van der Waals surface area contributed by atoms with Crippen molar-refractivity contribution in [2.45, 2.75) is 25.1 Å². The fourth-order valence-corrected chi connectivity index (χ4v) is 4.40. The summed E-state index contributed by atoms with van der Waals surface area (Å²) < 4.78 is 29.7. The Morgan fingerprint density at radius 2 is 1.81 bits per heavy atom. The van der Waals surface area contributed by atoms with Crippen LogP contribution in [0.25, 0.3) is 11.1 Å². The number of imide groups is 1. The Bertz CT molecular complexity index is 1350. The van der Waals surface area contributed by atoms with E-state index in [1.54, 1.807) is 24.3 Å². The molecular weight excluding hydrogens is 492 g/mol.